The van der Waals surface area contributed by atoms with Crippen molar-refractivity contribution >= 4 is 28.5 Å². The number of hydrogen-bond donors (Lipinski definition) is 2. The maximum Gasteiger partial charge on any atom is 0.231 e. The highest BCUT2D eigenvalue weighted by Gasteiger charge is 2.20. The SMILES string of the molecule is Nc1c(CCc2ccc(F)cc2)c(-c2ccc(Cl)cc2)nn1-c1nc2ccccc2[nH]1. The van der Waals surface area contributed by atoms with Crippen LogP contribution in [0.1, 0.15) is 11.1 Å². The highest BCUT2D eigenvalue weighted by Crippen LogP contribution is 2.31. The zero-order valence-electron chi connectivity index (χ0n) is 16.5. The number of anilines is 1. The lowest BCUT2D eigenvalue weighted by Gasteiger charge is -2.05. The quantitative estimate of drug-likeness (QED) is 0.381. The van der Waals surface area contributed by atoms with Crippen LogP contribution in [0.5, 0.6) is 0 Å². The fraction of sp³-hybridized carbons (Fsp3) is 0.0833. The Balaban J connectivity index is 1.58. The molecule has 3 aromatic carbocycles. The van der Waals surface area contributed by atoms with Gasteiger partial charge >= 0.3 is 0 Å². The summed E-state index contributed by atoms with van der Waals surface area (Å²) in [6, 6.07) is 21.8. The number of aryl methyl sites for hydroxylation is 1. The average Bonchev–Trinajstić information content (AvgIpc) is 3.35. The number of fused-ring (bicyclic) bond motifs is 1. The van der Waals surface area contributed by atoms with Gasteiger partial charge in [0, 0.05) is 16.1 Å². The zero-order valence-corrected chi connectivity index (χ0v) is 17.3. The lowest BCUT2D eigenvalue weighted by molar-refractivity contribution is 0.627. The molecule has 31 heavy (non-hydrogen) atoms. The molecule has 0 spiro atoms. The summed E-state index contributed by atoms with van der Waals surface area (Å²) in [6.07, 6.45) is 1.35. The topological polar surface area (TPSA) is 72.5 Å². The number of halogens is 2. The second kappa shape index (κ2) is 7.89. The van der Waals surface area contributed by atoms with Crippen LogP contribution in [-0.4, -0.2) is 19.7 Å². The van der Waals surface area contributed by atoms with Gasteiger partial charge in [-0.25, -0.2) is 9.37 Å². The number of para-hydroxylation sites is 2. The Hall–Kier alpha value is -3.64. The highest BCUT2D eigenvalue weighted by molar-refractivity contribution is 6.30. The van der Waals surface area contributed by atoms with Crippen LogP contribution >= 0.6 is 11.6 Å². The second-order valence-corrected chi connectivity index (χ2v) is 7.77. The number of imidazole rings is 1. The van der Waals surface area contributed by atoms with Gasteiger partial charge in [0.1, 0.15) is 11.6 Å². The molecule has 7 heteroatoms. The van der Waals surface area contributed by atoms with E-state index in [1.165, 1.54) is 12.1 Å². The maximum absolute atomic E-state index is 13.3. The number of aromatic nitrogens is 4. The van der Waals surface area contributed by atoms with E-state index in [0.29, 0.717) is 29.6 Å². The van der Waals surface area contributed by atoms with Crippen molar-refractivity contribution in [1.82, 2.24) is 19.7 Å². The fourth-order valence-electron chi connectivity index (χ4n) is 3.67. The van der Waals surface area contributed by atoms with Gasteiger partial charge in [-0.3, -0.25) is 0 Å². The minimum atomic E-state index is -0.247. The van der Waals surface area contributed by atoms with Crippen LogP contribution in [0.3, 0.4) is 0 Å². The van der Waals surface area contributed by atoms with Crippen molar-refractivity contribution in [1.29, 1.82) is 0 Å². The second-order valence-electron chi connectivity index (χ2n) is 7.34. The third-order valence-electron chi connectivity index (χ3n) is 5.30. The Labute approximate surface area is 183 Å². The molecule has 0 radical (unpaired) electrons. The summed E-state index contributed by atoms with van der Waals surface area (Å²) in [5.74, 6) is 0.830. The van der Waals surface area contributed by atoms with E-state index < -0.39 is 0 Å². The number of aromatic amines is 1. The van der Waals surface area contributed by atoms with Crippen molar-refractivity contribution in [2.24, 2.45) is 0 Å². The van der Waals surface area contributed by atoms with Gasteiger partial charge < -0.3 is 10.7 Å². The van der Waals surface area contributed by atoms with Crippen molar-refractivity contribution in [2.75, 3.05) is 5.73 Å². The van der Waals surface area contributed by atoms with E-state index in [1.54, 1.807) is 16.8 Å². The molecule has 5 nitrogen and oxygen atoms in total. The Kier molecular flexibility index (Phi) is 4.92. The van der Waals surface area contributed by atoms with E-state index in [2.05, 4.69) is 9.97 Å². The number of H-pyrrole nitrogens is 1. The van der Waals surface area contributed by atoms with Crippen LogP contribution in [0.4, 0.5) is 10.2 Å². The van der Waals surface area contributed by atoms with E-state index in [1.807, 2.05) is 48.5 Å². The first kappa shape index (κ1) is 19.3. The molecule has 0 aliphatic heterocycles. The minimum absolute atomic E-state index is 0.247. The third kappa shape index (κ3) is 3.78. The minimum Gasteiger partial charge on any atom is -0.383 e. The van der Waals surface area contributed by atoms with Crippen molar-refractivity contribution in [2.45, 2.75) is 12.8 Å². The highest BCUT2D eigenvalue weighted by atomic mass is 35.5. The largest absolute Gasteiger partial charge is 0.383 e. The predicted molar refractivity (Wildman–Crippen MR) is 122 cm³/mol. The summed E-state index contributed by atoms with van der Waals surface area (Å²) >= 11 is 6.07. The van der Waals surface area contributed by atoms with Crippen LogP contribution in [-0.2, 0) is 12.8 Å². The van der Waals surface area contributed by atoms with E-state index in [-0.39, 0.29) is 5.82 Å². The normalized spacial score (nSPS) is 11.3. The molecule has 0 saturated carbocycles. The van der Waals surface area contributed by atoms with Gasteiger partial charge in [-0.15, -0.1) is 0 Å². The molecule has 5 rings (SSSR count). The summed E-state index contributed by atoms with van der Waals surface area (Å²) in [7, 11) is 0. The Morgan fingerprint density at radius 2 is 1.68 bits per heavy atom. The number of nitrogens with one attached hydrogen (secondary N) is 1. The molecule has 0 fully saturated rings. The van der Waals surface area contributed by atoms with Gasteiger partial charge in [-0.2, -0.15) is 9.78 Å². The summed E-state index contributed by atoms with van der Waals surface area (Å²) in [6.45, 7) is 0. The van der Waals surface area contributed by atoms with E-state index in [9.17, 15) is 4.39 Å². The van der Waals surface area contributed by atoms with Crippen LogP contribution in [0.25, 0.3) is 28.2 Å². The molecule has 0 amide bonds. The molecule has 3 N–H and O–H groups in total. The van der Waals surface area contributed by atoms with Crippen molar-refractivity contribution in [3.05, 3.63) is 94.8 Å². The molecule has 0 atom stereocenters. The summed E-state index contributed by atoms with van der Waals surface area (Å²) in [4.78, 5) is 7.92. The number of nitrogen functional groups attached to an aromatic ring is 1. The number of benzene rings is 3. The van der Waals surface area contributed by atoms with Crippen LogP contribution in [0.2, 0.25) is 5.02 Å². The van der Waals surface area contributed by atoms with Crippen LogP contribution in [0.15, 0.2) is 72.8 Å². The number of nitrogens with two attached hydrogens (primary N) is 1. The molecule has 0 aliphatic rings. The van der Waals surface area contributed by atoms with Crippen molar-refractivity contribution in [3.8, 4) is 17.2 Å². The van der Waals surface area contributed by atoms with Gasteiger partial charge in [0.2, 0.25) is 5.95 Å². The Morgan fingerprint density at radius 3 is 2.42 bits per heavy atom. The molecule has 0 bridgehead atoms. The maximum atomic E-state index is 13.3. The molecular formula is C24H19ClFN5. The lowest BCUT2D eigenvalue weighted by atomic mass is 10.0. The molecule has 154 valence electrons. The van der Waals surface area contributed by atoms with E-state index in [4.69, 9.17) is 22.4 Å². The first-order chi connectivity index (χ1) is 15.1. The first-order valence-electron chi connectivity index (χ1n) is 9.91. The van der Waals surface area contributed by atoms with Crippen LogP contribution in [0, 0.1) is 5.82 Å². The van der Waals surface area contributed by atoms with Gasteiger partial charge in [0.05, 0.1) is 16.7 Å². The Bertz CT molecular complexity index is 1320. The van der Waals surface area contributed by atoms with Crippen molar-refractivity contribution < 1.29 is 4.39 Å². The summed E-state index contributed by atoms with van der Waals surface area (Å²) in [5.41, 5.74) is 11.9. The molecule has 0 aliphatic carbocycles. The standard InChI is InChI=1S/C24H19ClFN5/c25-17-10-8-16(9-11-17)22-19(14-7-15-5-12-18(26)13-6-15)23(27)31(30-22)24-28-20-3-1-2-4-21(20)29-24/h1-6,8-13H,7,14,27H2,(H,28,29). The molecule has 2 aromatic heterocycles. The molecule has 2 heterocycles. The van der Waals surface area contributed by atoms with Gasteiger partial charge in [-0.1, -0.05) is 48.0 Å². The molecule has 0 saturated heterocycles. The smallest absolute Gasteiger partial charge is 0.231 e. The predicted octanol–water partition coefficient (Wildman–Crippen LogP) is 5.58. The van der Waals surface area contributed by atoms with Gasteiger partial charge in [0.15, 0.2) is 0 Å². The van der Waals surface area contributed by atoms with Gasteiger partial charge in [-0.05, 0) is 54.8 Å². The summed E-state index contributed by atoms with van der Waals surface area (Å²) < 4.78 is 14.9. The Morgan fingerprint density at radius 1 is 0.935 bits per heavy atom. The van der Waals surface area contributed by atoms with Gasteiger partial charge in [0.25, 0.3) is 0 Å². The summed E-state index contributed by atoms with van der Waals surface area (Å²) in [5, 5.41) is 5.45. The molecular weight excluding hydrogens is 413 g/mol. The monoisotopic (exact) mass is 431 g/mol. The number of nitrogens with zero attached hydrogens (tertiary/aromatic N) is 3. The first-order valence-corrected chi connectivity index (χ1v) is 10.3. The van der Waals surface area contributed by atoms with E-state index in [0.717, 1.165) is 33.4 Å². The van der Waals surface area contributed by atoms with Crippen molar-refractivity contribution in [3.63, 3.8) is 0 Å². The van der Waals surface area contributed by atoms with Crippen LogP contribution < -0.4 is 5.73 Å². The zero-order chi connectivity index (χ0) is 21.4. The lowest BCUT2D eigenvalue weighted by Crippen LogP contribution is -2.05. The average molecular weight is 432 g/mol. The number of rotatable bonds is 5. The number of hydrogen-bond acceptors (Lipinski definition) is 3. The molecule has 0 unspecified atom stereocenters. The fourth-order valence-corrected chi connectivity index (χ4v) is 3.80. The molecule has 5 aromatic rings. The third-order valence-corrected chi connectivity index (χ3v) is 5.55. The van der Waals surface area contributed by atoms with E-state index >= 15 is 0 Å².